The fourth-order valence-corrected chi connectivity index (χ4v) is 1.79. The van der Waals surface area contributed by atoms with E-state index in [2.05, 4.69) is 15.7 Å². The third kappa shape index (κ3) is 3.80. The Bertz CT molecular complexity index is 666. The SMILES string of the molecule is Cn1cc(C(N)C(=O)Nc2cccc(NC(N)=O)c2)cn1. The third-order valence-electron chi connectivity index (χ3n) is 2.76. The van der Waals surface area contributed by atoms with Gasteiger partial charge >= 0.3 is 6.03 Å². The zero-order valence-electron chi connectivity index (χ0n) is 11.4. The van der Waals surface area contributed by atoms with Gasteiger partial charge in [-0.25, -0.2) is 4.79 Å². The third-order valence-corrected chi connectivity index (χ3v) is 2.76. The van der Waals surface area contributed by atoms with Gasteiger partial charge in [0.25, 0.3) is 0 Å². The van der Waals surface area contributed by atoms with E-state index in [0.29, 0.717) is 16.9 Å². The molecule has 2 aromatic rings. The smallest absolute Gasteiger partial charge is 0.316 e. The minimum atomic E-state index is -0.827. The number of carbonyl (C=O) groups excluding carboxylic acids is 2. The van der Waals surface area contributed by atoms with Crippen molar-refractivity contribution in [1.29, 1.82) is 0 Å². The molecule has 6 N–H and O–H groups in total. The number of aryl methyl sites for hydroxylation is 1. The molecular weight excluding hydrogens is 272 g/mol. The number of nitrogens with two attached hydrogens (primary N) is 2. The van der Waals surface area contributed by atoms with Gasteiger partial charge in [0.2, 0.25) is 5.91 Å². The summed E-state index contributed by atoms with van der Waals surface area (Å²) in [5.41, 5.74) is 12.5. The van der Waals surface area contributed by atoms with Crippen molar-refractivity contribution in [2.45, 2.75) is 6.04 Å². The van der Waals surface area contributed by atoms with Crippen LogP contribution in [0.1, 0.15) is 11.6 Å². The Morgan fingerprint density at radius 3 is 2.52 bits per heavy atom. The molecule has 1 aromatic heterocycles. The average Bonchev–Trinajstić information content (AvgIpc) is 2.84. The van der Waals surface area contributed by atoms with E-state index in [9.17, 15) is 9.59 Å². The van der Waals surface area contributed by atoms with Crippen LogP contribution < -0.4 is 22.1 Å². The minimum Gasteiger partial charge on any atom is -0.351 e. The van der Waals surface area contributed by atoms with Crippen molar-refractivity contribution < 1.29 is 9.59 Å². The summed E-state index contributed by atoms with van der Waals surface area (Å²) in [6.07, 6.45) is 3.21. The summed E-state index contributed by atoms with van der Waals surface area (Å²) in [6, 6.07) is 5.09. The monoisotopic (exact) mass is 288 g/mol. The molecule has 1 atom stereocenters. The van der Waals surface area contributed by atoms with Crippen molar-refractivity contribution in [2.24, 2.45) is 18.5 Å². The molecule has 21 heavy (non-hydrogen) atoms. The lowest BCUT2D eigenvalue weighted by atomic mass is 10.1. The van der Waals surface area contributed by atoms with E-state index >= 15 is 0 Å². The van der Waals surface area contributed by atoms with Gasteiger partial charge in [-0.1, -0.05) is 6.07 Å². The highest BCUT2D eigenvalue weighted by molar-refractivity contribution is 5.96. The number of aromatic nitrogens is 2. The Morgan fingerprint density at radius 2 is 1.95 bits per heavy atom. The van der Waals surface area contributed by atoms with E-state index in [-0.39, 0.29) is 5.91 Å². The van der Waals surface area contributed by atoms with Crippen LogP contribution in [0, 0.1) is 0 Å². The Morgan fingerprint density at radius 1 is 1.29 bits per heavy atom. The van der Waals surface area contributed by atoms with Crippen molar-refractivity contribution in [1.82, 2.24) is 9.78 Å². The molecule has 8 heteroatoms. The predicted octanol–water partition coefficient (Wildman–Crippen LogP) is 0.549. The van der Waals surface area contributed by atoms with Gasteiger partial charge in [0, 0.05) is 30.2 Å². The normalized spacial score (nSPS) is 11.7. The zero-order valence-corrected chi connectivity index (χ0v) is 11.4. The van der Waals surface area contributed by atoms with Gasteiger partial charge in [-0.2, -0.15) is 5.10 Å². The van der Waals surface area contributed by atoms with Crippen LogP contribution in [-0.2, 0) is 11.8 Å². The lowest BCUT2D eigenvalue weighted by Crippen LogP contribution is -2.27. The van der Waals surface area contributed by atoms with E-state index in [0.717, 1.165) is 0 Å². The van der Waals surface area contributed by atoms with Crippen molar-refractivity contribution in [3.8, 4) is 0 Å². The lowest BCUT2D eigenvalue weighted by Gasteiger charge is -2.11. The number of hydrogen-bond donors (Lipinski definition) is 4. The molecule has 110 valence electrons. The van der Waals surface area contributed by atoms with Gasteiger partial charge in [0.1, 0.15) is 6.04 Å². The second-order valence-electron chi connectivity index (χ2n) is 4.48. The molecule has 0 aliphatic heterocycles. The maximum atomic E-state index is 12.1. The number of benzene rings is 1. The molecule has 0 radical (unpaired) electrons. The van der Waals surface area contributed by atoms with Crippen LogP contribution >= 0.6 is 0 Å². The van der Waals surface area contributed by atoms with Crippen LogP contribution in [0.3, 0.4) is 0 Å². The van der Waals surface area contributed by atoms with Crippen molar-refractivity contribution in [3.63, 3.8) is 0 Å². The van der Waals surface area contributed by atoms with Crippen LogP contribution in [0.4, 0.5) is 16.2 Å². The summed E-state index contributed by atoms with van der Waals surface area (Å²) < 4.78 is 1.57. The summed E-state index contributed by atoms with van der Waals surface area (Å²) in [5.74, 6) is -0.376. The van der Waals surface area contributed by atoms with Crippen LogP contribution in [-0.4, -0.2) is 21.7 Å². The highest BCUT2D eigenvalue weighted by atomic mass is 16.2. The Balaban J connectivity index is 2.07. The summed E-state index contributed by atoms with van der Waals surface area (Å²) in [7, 11) is 1.74. The number of nitrogens with one attached hydrogen (secondary N) is 2. The lowest BCUT2D eigenvalue weighted by molar-refractivity contribution is -0.117. The number of urea groups is 1. The molecule has 1 heterocycles. The molecule has 2 rings (SSSR count). The van der Waals surface area contributed by atoms with E-state index in [1.807, 2.05) is 0 Å². The topological polar surface area (TPSA) is 128 Å². The highest BCUT2D eigenvalue weighted by Gasteiger charge is 2.17. The molecule has 0 saturated heterocycles. The molecule has 0 aliphatic rings. The van der Waals surface area contributed by atoms with Crippen molar-refractivity contribution >= 4 is 23.3 Å². The van der Waals surface area contributed by atoms with Gasteiger partial charge in [0.05, 0.1) is 6.20 Å². The molecule has 0 spiro atoms. The van der Waals surface area contributed by atoms with Gasteiger partial charge < -0.3 is 22.1 Å². The first-order valence-electron chi connectivity index (χ1n) is 6.17. The van der Waals surface area contributed by atoms with Crippen LogP contribution in [0.2, 0.25) is 0 Å². The molecule has 3 amide bonds. The van der Waals surface area contributed by atoms with Crippen molar-refractivity contribution in [3.05, 3.63) is 42.2 Å². The standard InChI is InChI=1S/C13H16N6O2/c1-19-7-8(6-16-19)11(14)12(20)17-9-3-2-4-10(5-9)18-13(15)21/h2-7,11H,14H2,1H3,(H,17,20)(H3,15,18,21). The van der Waals surface area contributed by atoms with Gasteiger partial charge in [-0.3, -0.25) is 9.48 Å². The maximum Gasteiger partial charge on any atom is 0.316 e. The predicted molar refractivity (Wildman–Crippen MR) is 78.4 cm³/mol. The summed E-state index contributed by atoms with van der Waals surface area (Å²) in [6.45, 7) is 0. The van der Waals surface area contributed by atoms with Crippen LogP contribution in [0.15, 0.2) is 36.7 Å². The van der Waals surface area contributed by atoms with Crippen LogP contribution in [0.5, 0.6) is 0 Å². The Hall–Kier alpha value is -2.87. The molecule has 0 aliphatic carbocycles. The first-order chi connectivity index (χ1) is 9.95. The summed E-state index contributed by atoms with van der Waals surface area (Å²) in [5, 5.41) is 9.06. The Kier molecular flexibility index (Phi) is 4.19. The van der Waals surface area contributed by atoms with E-state index < -0.39 is 12.1 Å². The number of amides is 3. The fourth-order valence-electron chi connectivity index (χ4n) is 1.79. The maximum absolute atomic E-state index is 12.1. The average molecular weight is 288 g/mol. The molecule has 8 nitrogen and oxygen atoms in total. The number of carbonyl (C=O) groups is 2. The fraction of sp³-hybridized carbons (Fsp3) is 0.154. The molecule has 1 aromatic carbocycles. The number of nitrogens with zero attached hydrogens (tertiary/aromatic N) is 2. The van der Waals surface area contributed by atoms with Gasteiger partial charge in [0.15, 0.2) is 0 Å². The highest BCUT2D eigenvalue weighted by Crippen LogP contribution is 2.17. The molecule has 0 saturated carbocycles. The molecular formula is C13H16N6O2. The van der Waals surface area contributed by atoms with E-state index in [1.54, 1.807) is 42.2 Å². The number of rotatable bonds is 4. The number of hydrogen-bond acceptors (Lipinski definition) is 4. The molecule has 0 bridgehead atoms. The zero-order chi connectivity index (χ0) is 15.4. The van der Waals surface area contributed by atoms with Gasteiger partial charge in [-0.15, -0.1) is 0 Å². The second kappa shape index (κ2) is 6.06. The van der Waals surface area contributed by atoms with E-state index in [1.165, 1.54) is 6.20 Å². The number of primary amides is 1. The summed E-state index contributed by atoms with van der Waals surface area (Å²) in [4.78, 5) is 22.9. The van der Waals surface area contributed by atoms with E-state index in [4.69, 9.17) is 11.5 Å². The van der Waals surface area contributed by atoms with Crippen LogP contribution in [0.25, 0.3) is 0 Å². The largest absolute Gasteiger partial charge is 0.351 e. The second-order valence-corrected chi connectivity index (χ2v) is 4.48. The minimum absolute atomic E-state index is 0.376. The summed E-state index contributed by atoms with van der Waals surface area (Å²) >= 11 is 0. The first kappa shape index (κ1) is 14.5. The number of anilines is 2. The molecule has 1 unspecified atom stereocenters. The molecule has 0 fully saturated rings. The Labute approximate surface area is 121 Å². The quantitative estimate of drug-likeness (QED) is 0.654. The van der Waals surface area contributed by atoms with Crippen molar-refractivity contribution in [2.75, 3.05) is 10.6 Å². The first-order valence-corrected chi connectivity index (χ1v) is 6.17. The van der Waals surface area contributed by atoms with Gasteiger partial charge in [-0.05, 0) is 18.2 Å².